The average Bonchev–Trinajstić information content (AvgIpc) is 2.80. The fourth-order valence-corrected chi connectivity index (χ4v) is 3.89. The van der Waals surface area contributed by atoms with Crippen molar-refractivity contribution < 1.29 is 4.79 Å². The monoisotopic (exact) mass is 411 g/mol. The van der Waals surface area contributed by atoms with Crippen LogP contribution in [0.25, 0.3) is 10.8 Å². The number of aromatic amines is 1. The molecule has 0 saturated heterocycles. The first kappa shape index (κ1) is 20.5. The lowest BCUT2D eigenvalue weighted by Gasteiger charge is -2.22. The summed E-state index contributed by atoms with van der Waals surface area (Å²) in [5, 5.41) is 11.2. The van der Waals surface area contributed by atoms with Crippen molar-refractivity contribution in [3.8, 4) is 0 Å². The molecule has 0 bridgehead atoms. The number of nitrogens with zero attached hydrogens (tertiary/aromatic N) is 1. The minimum Gasteiger partial charge on any atom is -0.352 e. The summed E-state index contributed by atoms with van der Waals surface area (Å²) in [6, 6.07) is 27.5. The number of hydrogen-bond acceptors (Lipinski definition) is 3. The number of amides is 1. The van der Waals surface area contributed by atoms with E-state index in [-0.39, 0.29) is 17.5 Å². The molecular weight excluding hydrogens is 386 g/mol. The maximum atomic E-state index is 13.2. The highest BCUT2D eigenvalue weighted by Crippen LogP contribution is 2.21. The molecule has 5 heteroatoms. The van der Waals surface area contributed by atoms with E-state index in [0.717, 1.165) is 12.8 Å². The molecule has 0 radical (unpaired) electrons. The Morgan fingerprint density at radius 3 is 1.94 bits per heavy atom. The van der Waals surface area contributed by atoms with Crippen molar-refractivity contribution in [1.82, 2.24) is 15.5 Å². The number of fused-ring (bicyclic) bond motifs is 1. The average molecular weight is 412 g/mol. The van der Waals surface area contributed by atoms with Crippen LogP contribution in [0.1, 0.15) is 29.7 Å². The Labute approximate surface area is 181 Å². The maximum absolute atomic E-state index is 13.2. The molecule has 5 nitrogen and oxygen atoms in total. The van der Waals surface area contributed by atoms with Crippen molar-refractivity contribution in [3.05, 3.63) is 112 Å². The van der Waals surface area contributed by atoms with Crippen LogP contribution in [0.4, 0.5) is 0 Å². The van der Waals surface area contributed by atoms with Gasteiger partial charge in [-0.15, -0.1) is 0 Å². The lowest BCUT2D eigenvalue weighted by Crippen LogP contribution is -2.40. The van der Waals surface area contributed by atoms with E-state index in [0.29, 0.717) is 16.5 Å². The second-order valence-electron chi connectivity index (χ2n) is 7.79. The quantitative estimate of drug-likeness (QED) is 0.483. The zero-order valence-electron chi connectivity index (χ0n) is 17.4. The summed E-state index contributed by atoms with van der Waals surface area (Å²) in [4.78, 5) is 25.3. The fourth-order valence-electron chi connectivity index (χ4n) is 3.89. The Morgan fingerprint density at radius 1 is 0.839 bits per heavy atom. The molecule has 1 unspecified atom stereocenters. The molecule has 0 aliphatic rings. The van der Waals surface area contributed by atoms with Gasteiger partial charge in [-0.05, 0) is 37.0 Å². The number of nitrogens with one attached hydrogen (secondary N) is 2. The van der Waals surface area contributed by atoms with Crippen LogP contribution in [-0.2, 0) is 17.6 Å². The standard InChI is InChI=1S/C26H25N3O2/c1-18(24-22-14-8-9-15-23(22)26(31)29-28-24)25(30)27-21(16-19-10-4-2-5-11-19)17-20-12-6-3-7-13-20/h2-15,18,21H,16-17H2,1H3,(H,27,30)(H,29,31). The molecule has 3 aromatic carbocycles. The normalized spacial score (nSPS) is 12.1. The van der Waals surface area contributed by atoms with Gasteiger partial charge in [0.05, 0.1) is 17.0 Å². The molecule has 1 heterocycles. The third-order valence-electron chi connectivity index (χ3n) is 5.53. The number of carbonyl (C=O) groups is 1. The predicted octanol–water partition coefficient (Wildman–Crippen LogP) is 4.00. The summed E-state index contributed by atoms with van der Waals surface area (Å²) >= 11 is 0. The molecule has 31 heavy (non-hydrogen) atoms. The van der Waals surface area contributed by atoms with Gasteiger partial charge in [0.15, 0.2) is 0 Å². The minimum absolute atomic E-state index is 0.0613. The third kappa shape index (κ3) is 4.89. The SMILES string of the molecule is CC(C(=O)NC(Cc1ccccc1)Cc1ccccc1)c1n[nH]c(=O)c2ccccc12. The minimum atomic E-state index is -0.504. The third-order valence-corrected chi connectivity index (χ3v) is 5.53. The number of H-pyrrole nitrogens is 1. The van der Waals surface area contributed by atoms with Crippen LogP contribution in [-0.4, -0.2) is 22.1 Å². The lowest BCUT2D eigenvalue weighted by atomic mass is 9.96. The lowest BCUT2D eigenvalue weighted by molar-refractivity contribution is -0.123. The van der Waals surface area contributed by atoms with Crippen molar-refractivity contribution in [2.45, 2.75) is 31.7 Å². The van der Waals surface area contributed by atoms with Crippen LogP contribution >= 0.6 is 0 Å². The second-order valence-corrected chi connectivity index (χ2v) is 7.79. The van der Waals surface area contributed by atoms with Crippen molar-refractivity contribution >= 4 is 16.7 Å². The molecule has 0 spiro atoms. The largest absolute Gasteiger partial charge is 0.352 e. The summed E-state index contributed by atoms with van der Waals surface area (Å²) < 4.78 is 0. The van der Waals surface area contributed by atoms with Crippen molar-refractivity contribution in [3.63, 3.8) is 0 Å². The summed E-state index contributed by atoms with van der Waals surface area (Å²) in [6.07, 6.45) is 1.46. The van der Waals surface area contributed by atoms with Gasteiger partial charge in [0.25, 0.3) is 5.56 Å². The molecule has 1 amide bonds. The Bertz CT molecular complexity index is 1180. The highest BCUT2D eigenvalue weighted by Gasteiger charge is 2.23. The summed E-state index contributed by atoms with van der Waals surface area (Å²) in [6.45, 7) is 1.82. The van der Waals surface area contributed by atoms with Crippen LogP contribution in [0, 0.1) is 0 Å². The molecule has 0 fully saturated rings. The molecule has 156 valence electrons. The van der Waals surface area contributed by atoms with E-state index in [1.54, 1.807) is 6.07 Å². The van der Waals surface area contributed by atoms with Gasteiger partial charge in [-0.2, -0.15) is 5.10 Å². The first-order valence-corrected chi connectivity index (χ1v) is 10.5. The first-order valence-electron chi connectivity index (χ1n) is 10.5. The highest BCUT2D eigenvalue weighted by atomic mass is 16.2. The van der Waals surface area contributed by atoms with Gasteiger partial charge in [-0.3, -0.25) is 9.59 Å². The van der Waals surface area contributed by atoms with Crippen LogP contribution in [0.3, 0.4) is 0 Å². The van der Waals surface area contributed by atoms with E-state index in [4.69, 9.17) is 0 Å². The van der Waals surface area contributed by atoms with Crippen molar-refractivity contribution in [1.29, 1.82) is 0 Å². The summed E-state index contributed by atoms with van der Waals surface area (Å²) in [5.41, 5.74) is 2.66. The van der Waals surface area contributed by atoms with E-state index in [1.807, 2.05) is 61.5 Å². The molecule has 4 aromatic rings. The van der Waals surface area contributed by atoms with Gasteiger partial charge in [-0.25, -0.2) is 5.10 Å². The zero-order valence-corrected chi connectivity index (χ0v) is 17.4. The fraction of sp³-hybridized carbons (Fsp3) is 0.192. The predicted molar refractivity (Wildman–Crippen MR) is 123 cm³/mol. The molecule has 4 rings (SSSR count). The number of aromatic nitrogens is 2. The van der Waals surface area contributed by atoms with E-state index in [9.17, 15) is 9.59 Å². The topological polar surface area (TPSA) is 74.8 Å². The Kier molecular flexibility index (Phi) is 6.22. The van der Waals surface area contributed by atoms with Gasteiger partial charge in [-0.1, -0.05) is 78.9 Å². The molecule has 2 N–H and O–H groups in total. The number of benzene rings is 3. The molecule has 1 aromatic heterocycles. The van der Waals surface area contributed by atoms with Crippen LogP contribution in [0.2, 0.25) is 0 Å². The van der Waals surface area contributed by atoms with Gasteiger partial charge in [0.2, 0.25) is 5.91 Å². The second kappa shape index (κ2) is 9.39. The van der Waals surface area contributed by atoms with Gasteiger partial charge in [0.1, 0.15) is 0 Å². The summed E-state index contributed by atoms with van der Waals surface area (Å²) in [5.74, 6) is -0.614. The van der Waals surface area contributed by atoms with Gasteiger partial charge >= 0.3 is 0 Å². The van der Waals surface area contributed by atoms with Crippen LogP contribution < -0.4 is 10.9 Å². The van der Waals surface area contributed by atoms with Gasteiger partial charge in [0, 0.05) is 11.4 Å². The van der Waals surface area contributed by atoms with E-state index < -0.39 is 5.92 Å². The Balaban J connectivity index is 1.58. The Morgan fingerprint density at radius 2 is 1.35 bits per heavy atom. The van der Waals surface area contributed by atoms with E-state index >= 15 is 0 Å². The number of hydrogen-bond donors (Lipinski definition) is 2. The van der Waals surface area contributed by atoms with Crippen molar-refractivity contribution in [2.24, 2.45) is 0 Å². The zero-order chi connectivity index (χ0) is 21.6. The van der Waals surface area contributed by atoms with Crippen LogP contribution in [0.5, 0.6) is 0 Å². The highest BCUT2D eigenvalue weighted by molar-refractivity contribution is 5.91. The maximum Gasteiger partial charge on any atom is 0.272 e. The van der Waals surface area contributed by atoms with E-state index in [2.05, 4.69) is 39.8 Å². The van der Waals surface area contributed by atoms with E-state index in [1.165, 1.54) is 11.1 Å². The molecular formula is C26H25N3O2. The number of carbonyl (C=O) groups excluding carboxylic acids is 1. The molecule has 0 aliphatic heterocycles. The van der Waals surface area contributed by atoms with Crippen molar-refractivity contribution in [2.75, 3.05) is 0 Å². The Hall–Kier alpha value is -3.73. The smallest absolute Gasteiger partial charge is 0.272 e. The molecule has 0 saturated carbocycles. The van der Waals surface area contributed by atoms with Crippen LogP contribution in [0.15, 0.2) is 89.7 Å². The van der Waals surface area contributed by atoms with Gasteiger partial charge < -0.3 is 5.32 Å². The summed E-state index contributed by atoms with van der Waals surface area (Å²) in [7, 11) is 0. The molecule has 1 atom stereocenters. The first-order chi connectivity index (χ1) is 15.1. The molecule has 0 aliphatic carbocycles. The number of rotatable bonds is 7.